The molecule has 0 aliphatic carbocycles. The van der Waals surface area contributed by atoms with E-state index < -0.39 is 10.0 Å². The Morgan fingerprint density at radius 3 is 2.31 bits per heavy atom. The van der Waals surface area contributed by atoms with Gasteiger partial charge in [-0.15, -0.1) is 10.2 Å². The lowest BCUT2D eigenvalue weighted by Gasteiger charge is -2.36. The van der Waals surface area contributed by atoms with Crippen LogP contribution in [-0.2, 0) is 16.4 Å². The van der Waals surface area contributed by atoms with Gasteiger partial charge in [-0.3, -0.25) is 0 Å². The van der Waals surface area contributed by atoms with Crippen molar-refractivity contribution in [1.29, 1.82) is 0 Å². The zero-order chi connectivity index (χ0) is 20.4. The fraction of sp³-hybridized carbons (Fsp3) is 0.263. The molecule has 0 spiro atoms. The third kappa shape index (κ3) is 4.69. The van der Waals surface area contributed by atoms with Crippen LogP contribution < -0.4 is 14.9 Å². The number of sulfonamides is 1. The molecule has 4 rings (SSSR count). The van der Waals surface area contributed by atoms with Gasteiger partial charge >= 0.3 is 0 Å². The van der Waals surface area contributed by atoms with Gasteiger partial charge in [0.2, 0.25) is 15.2 Å². The maximum absolute atomic E-state index is 11.9. The summed E-state index contributed by atoms with van der Waals surface area (Å²) >= 11 is 7.51. The number of hydrogen-bond acceptors (Lipinski definition) is 7. The number of piperazine rings is 1. The van der Waals surface area contributed by atoms with Crippen LogP contribution in [0.2, 0.25) is 5.02 Å². The molecule has 1 aliphatic rings. The monoisotopic (exact) mass is 449 g/mol. The molecule has 152 valence electrons. The fourth-order valence-corrected chi connectivity index (χ4v) is 5.13. The number of nitrogens with two attached hydrogens (primary N) is 1. The number of hydrogen-bond donors (Lipinski definition) is 1. The second-order valence-corrected chi connectivity index (χ2v) is 9.78. The van der Waals surface area contributed by atoms with Crippen LogP contribution in [0, 0.1) is 0 Å². The standard InChI is InChI=1S/C19H20ClN5O2S2/c20-15-7-5-14(6-8-15)13-18-22-23-19(28-18)25-11-9-24(10-12-25)16-3-1-2-4-17(16)29(21,26)27/h1-8H,9-13H2,(H2,21,26,27). The van der Waals surface area contributed by atoms with Gasteiger partial charge in [0.15, 0.2) is 0 Å². The van der Waals surface area contributed by atoms with Gasteiger partial charge in [-0.25, -0.2) is 13.6 Å². The van der Waals surface area contributed by atoms with Gasteiger partial charge in [0.05, 0.1) is 5.69 Å². The summed E-state index contributed by atoms with van der Waals surface area (Å²) in [6.45, 7) is 2.82. The van der Waals surface area contributed by atoms with E-state index in [1.165, 1.54) is 0 Å². The van der Waals surface area contributed by atoms with Crippen molar-refractivity contribution in [3.05, 3.63) is 64.1 Å². The predicted molar refractivity (Wildman–Crippen MR) is 116 cm³/mol. The highest BCUT2D eigenvalue weighted by Gasteiger charge is 2.24. The van der Waals surface area contributed by atoms with Gasteiger partial charge in [-0.1, -0.05) is 47.2 Å². The summed E-state index contributed by atoms with van der Waals surface area (Å²) in [7, 11) is -3.76. The molecule has 2 heterocycles. The van der Waals surface area contributed by atoms with Crippen molar-refractivity contribution in [2.24, 2.45) is 5.14 Å². The van der Waals surface area contributed by atoms with Crippen molar-refractivity contribution < 1.29 is 8.42 Å². The molecule has 0 saturated carbocycles. The van der Waals surface area contributed by atoms with Crippen LogP contribution in [0.4, 0.5) is 10.8 Å². The Balaban J connectivity index is 1.42. The number of primary sulfonamides is 1. The fourth-order valence-electron chi connectivity index (χ4n) is 3.32. The first kappa shape index (κ1) is 20.1. The molecule has 29 heavy (non-hydrogen) atoms. The zero-order valence-electron chi connectivity index (χ0n) is 15.5. The molecule has 1 aromatic heterocycles. The second-order valence-electron chi connectivity index (χ2n) is 6.77. The van der Waals surface area contributed by atoms with Gasteiger partial charge in [0.1, 0.15) is 9.90 Å². The van der Waals surface area contributed by atoms with E-state index in [0.29, 0.717) is 23.8 Å². The molecule has 0 atom stereocenters. The summed E-state index contributed by atoms with van der Waals surface area (Å²) in [6.07, 6.45) is 0.719. The van der Waals surface area contributed by atoms with E-state index >= 15 is 0 Å². The molecule has 2 N–H and O–H groups in total. The number of para-hydroxylation sites is 1. The van der Waals surface area contributed by atoms with Crippen molar-refractivity contribution in [3.63, 3.8) is 0 Å². The minimum Gasteiger partial charge on any atom is -0.367 e. The zero-order valence-corrected chi connectivity index (χ0v) is 17.9. The highest BCUT2D eigenvalue weighted by Crippen LogP contribution is 2.28. The van der Waals surface area contributed by atoms with E-state index in [4.69, 9.17) is 16.7 Å². The Hall–Kier alpha value is -2.20. The molecule has 0 unspecified atom stereocenters. The minimum absolute atomic E-state index is 0.162. The summed E-state index contributed by atoms with van der Waals surface area (Å²) in [5, 5.41) is 16.6. The first-order chi connectivity index (χ1) is 13.9. The summed E-state index contributed by atoms with van der Waals surface area (Å²) in [5.41, 5.74) is 1.79. The average Bonchev–Trinajstić information content (AvgIpc) is 3.18. The van der Waals surface area contributed by atoms with Crippen molar-refractivity contribution in [3.8, 4) is 0 Å². The molecule has 1 fully saturated rings. The normalized spacial score (nSPS) is 15.0. The van der Waals surface area contributed by atoms with Crippen molar-refractivity contribution in [2.45, 2.75) is 11.3 Å². The molecule has 1 aliphatic heterocycles. The number of anilines is 2. The summed E-state index contributed by atoms with van der Waals surface area (Å²) in [5.74, 6) is 0. The maximum atomic E-state index is 11.9. The van der Waals surface area contributed by atoms with Crippen molar-refractivity contribution in [1.82, 2.24) is 10.2 Å². The van der Waals surface area contributed by atoms with E-state index in [1.807, 2.05) is 35.2 Å². The average molecular weight is 450 g/mol. The van der Waals surface area contributed by atoms with Crippen molar-refractivity contribution >= 4 is 43.8 Å². The van der Waals surface area contributed by atoms with Crippen LogP contribution in [-0.4, -0.2) is 44.8 Å². The molecule has 2 aromatic carbocycles. The summed E-state index contributed by atoms with van der Waals surface area (Å²) in [4.78, 5) is 4.39. The van der Waals surface area contributed by atoms with Crippen molar-refractivity contribution in [2.75, 3.05) is 36.0 Å². The lowest BCUT2D eigenvalue weighted by molar-refractivity contribution is 0.595. The Morgan fingerprint density at radius 2 is 1.62 bits per heavy atom. The van der Waals surface area contributed by atoms with Gasteiger partial charge in [0, 0.05) is 37.6 Å². The van der Waals surface area contributed by atoms with E-state index in [9.17, 15) is 8.42 Å². The van der Waals surface area contributed by atoms with Crippen LogP contribution in [0.15, 0.2) is 53.4 Å². The topological polar surface area (TPSA) is 92.4 Å². The van der Waals surface area contributed by atoms with Crippen LogP contribution in [0.5, 0.6) is 0 Å². The largest absolute Gasteiger partial charge is 0.367 e. The molecule has 7 nitrogen and oxygen atoms in total. The van der Waals surface area contributed by atoms with E-state index in [0.717, 1.165) is 35.2 Å². The van der Waals surface area contributed by atoms with E-state index in [2.05, 4.69) is 15.1 Å². The van der Waals surface area contributed by atoms with E-state index in [-0.39, 0.29) is 4.90 Å². The van der Waals surface area contributed by atoms with Gasteiger partial charge in [0.25, 0.3) is 0 Å². The molecule has 1 saturated heterocycles. The lowest BCUT2D eigenvalue weighted by atomic mass is 10.2. The molecule has 0 bridgehead atoms. The van der Waals surface area contributed by atoms with Crippen LogP contribution >= 0.6 is 22.9 Å². The number of nitrogens with zero attached hydrogens (tertiary/aromatic N) is 4. The highest BCUT2D eigenvalue weighted by atomic mass is 35.5. The number of benzene rings is 2. The summed E-state index contributed by atoms with van der Waals surface area (Å²) < 4.78 is 23.7. The SMILES string of the molecule is NS(=O)(=O)c1ccccc1N1CCN(c2nnc(Cc3ccc(Cl)cc3)s2)CC1. The molecule has 0 radical (unpaired) electrons. The quantitative estimate of drug-likeness (QED) is 0.643. The van der Waals surface area contributed by atoms with E-state index in [1.54, 1.807) is 29.5 Å². The maximum Gasteiger partial charge on any atom is 0.240 e. The highest BCUT2D eigenvalue weighted by molar-refractivity contribution is 7.89. The molecule has 3 aromatic rings. The Morgan fingerprint density at radius 1 is 0.966 bits per heavy atom. The molecule has 0 amide bonds. The first-order valence-electron chi connectivity index (χ1n) is 9.09. The summed E-state index contributed by atoms with van der Waals surface area (Å²) in [6, 6.07) is 14.6. The van der Waals surface area contributed by atoms with Gasteiger partial charge in [-0.05, 0) is 29.8 Å². The van der Waals surface area contributed by atoms with Gasteiger partial charge < -0.3 is 9.80 Å². The third-order valence-corrected chi connectivity index (χ3v) is 6.98. The van der Waals surface area contributed by atoms with Gasteiger partial charge in [-0.2, -0.15) is 0 Å². The minimum atomic E-state index is -3.76. The number of halogens is 1. The Labute approximate surface area is 178 Å². The lowest BCUT2D eigenvalue weighted by Crippen LogP contribution is -2.47. The molecular formula is C19H20ClN5O2S2. The smallest absolute Gasteiger partial charge is 0.240 e. The molecular weight excluding hydrogens is 430 g/mol. The number of aromatic nitrogens is 2. The van der Waals surface area contributed by atoms with Crippen LogP contribution in [0.1, 0.15) is 10.6 Å². The van der Waals surface area contributed by atoms with Crippen LogP contribution in [0.25, 0.3) is 0 Å². The first-order valence-corrected chi connectivity index (χ1v) is 11.8. The second kappa shape index (κ2) is 8.27. The molecule has 10 heteroatoms. The Bertz CT molecular complexity index is 1090. The third-order valence-electron chi connectivity index (χ3n) is 4.79. The van der Waals surface area contributed by atoms with Crippen LogP contribution in [0.3, 0.4) is 0 Å². The number of rotatable bonds is 5. The predicted octanol–water partition coefficient (Wildman–Crippen LogP) is 2.76. The Kier molecular flexibility index (Phi) is 5.73.